The van der Waals surface area contributed by atoms with E-state index in [0.29, 0.717) is 23.3 Å². The van der Waals surface area contributed by atoms with Gasteiger partial charge in [-0.15, -0.1) is 0 Å². The Morgan fingerprint density at radius 2 is 1.75 bits per heavy atom. The van der Waals surface area contributed by atoms with Crippen molar-refractivity contribution in [3.63, 3.8) is 0 Å². The van der Waals surface area contributed by atoms with Gasteiger partial charge >= 0.3 is 11.9 Å². The van der Waals surface area contributed by atoms with Gasteiger partial charge < -0.3 is 14.2 Å². The molecule has 3 aromatic carbocycles. The first-order valence-corrected chi connectivity index (χ1v) is 10.2. The summed E-state index contributed by atoms with van der Waals surface area (Å²) in [4.78, 5) is 29.0. The van der Waals surface area contributed by atoms with E-state index in [2.05, 4.69) is 4.99 Å². The van der Waals surface area contributed by atoms with Gasteiger partial charge in [0.15, 0.2) is 17.2 Å². The Labute approximate surface area is 189 Å². The van der Waals surface area contributed by atoms with Crippen molar-refractivity contribution in [2.45, 2.75) is 6.92 Å². The fraction of sp³-hybridized carbons (Fsp3) is 0.0800. The third-order valence-corrected chi connectivity index (χ3v) is 4.76. The fourth-order valence-corrected chi connectivity index (χ4v) is 3.29. The number of carbonyl (C=O) groups excluding carboxylic acids is 2. The van der Waals surface area contributed by atoms with E-state index < -0.39 is 11.9 Å². The number of hydrogen-bond donors (Lipinski definition) is 0. The molecule has 0 atom stereocenters. The average Bonchev–Trinajstić information content (AvgIpc) is 3.17. The molecule has 0 radical (unpaired) electrons. The summed E-state index contributed by atoms with van der Waals surface area (Å²) in [5, 5.41) is 0.158. The summed E-state index contributed by atoms with van der Waals surface area (Å²) in [6.45, 7) is 2.12. The van der Waals surface area contributed by atoms with Crippen LogP contribution in [0.2, 0.25) is 5.02 Å². The van der Waals surface area contributed by atoms with Gasteiger partial charge in [0.05, 0.1) is 17.2 Å². The zero-order valence-corrected chi connectivity index (χ0v) is 17.8. The molecule has 1 aliphatic heterocycles. The van der Waals surface area contributed by atoms with Crippen LogP contribution in [-0.2, 0) is 9.53 Å². The minimum absolute atomic E-state index is 0.104. The number of carbonyl (C=O) groups is 2. The second kappa shape index (κ2) is 9.49. The monoisotopic (exact) mass is 447 g/mol. The lowest BCUT2D eigenvalue weighted by Crippen LogP contribution is -2.10. The maximum atomic E-state index is 12.5. The van der Waals surface area contributed by atoms with Crippen molar-refractivity contribution in [1.82, 2.24) is 0 Å². The number of ether oxygens (including phenoxy) is 3. The molecule has 3 aromatic rings. The normalized spacial score (nSPS) is 14.1. The van der Waals surface area contributed by atoms with Crippen LogP contribution in [0.5, 0.6) is 11.5 Å². The van der Waals surface area contributed by atoms with Crippen LogP contribution < -0.4 is 9.47 Å². The summed E-state index contributed by atoms with van der Waals surface area (Å²) >= 11 is 6.41. The molecule has 0 spiro atoms. The lowest BCUT2D eigenvalue weighted by molar-refractivity contribution is -0.129. The first-order chi connectivity index (χ1) is 15.5. The van der Waals surface area contributed by atoms with Gasteiger partial charge in [0.2, 0.25) is 5.90 Å². The van der Waals surface area contributed by atoms with E-state index in [0.717, 1.165) is 0 Å². The van der Waals surface area contributed by atoms with Crippen LogP contribution in [0.15, 0.2) is 83.5 Å². The highest BCUT2D eigenvalue weighted by atomic mass is 35.5. The molecule has 0 aliphatic carbocycles. The van der Waals surface area contributed by atoms with Crippen LogP contribution >= 0.6 is 11.6 Å². The molecule has 1 heterocycles. The third kappa shape index (κ3) is 4.71. The highest BCUT2D eigenvalue weighted by Gasteiger charge is 2.25. The summed E-state index contributed by atoms with van der Waals surface area (Å²) in [6, 6.07) is 20.9. The number of aliphatic imine (C=N–C) groups is 1. The summed E-state index contributed by atoms with van der Waals surface area (Å²) in [7, 11) is 0. The molecule has 0 N–H and O–H groups in total. The third-order valence-electron chi connectivity index (χ3n) is 4.48. The summed E-state index contributed by atoms with van der Waals surface area (Å²) < 4.78 is 16.4. The Kier molecular flexibility index (Phi) is 6.33. The number of esters is 2. The lowest BCUT2D eigenvalue weighted by Gasteiger charge is -2.13. The first kappa shape index (κ1) is 21.3. The van der Waals surface area contributed by atoms with Gasteiger partial charge in [0, 0.05) is 5.56 Å². The van der Waals surface area contributed by atoms with E-state index in [-0.39, 0.29) is 28.1 Å². The average molecular weight is 448 g/mol. The van der Waals surface area contributed by atoms with Crippen molar-refractivity contribution in [2.24, 2.45) is 4.99 Å². The predicted molar refractivity (Wildman–Crippen MR) is 121 cm³/mol. The fourth-order valence-electron chi connectivity index (χ4n) is 3.03. The van der Waals surface area contributed by atoms with Gasteiger partial charge in [-0.05, 0) is 55.0 Å². The Balaban J connectivity index is 1.65. The van der Waals surface area contributed by atoms with Crippen molar-refractivity contribution >= 4 is 35.5 Å². The molecule has 0 aromatic heterocycles. The zero-order chi connectivity index (χ0) is 22.5. The number of rotatable bonds is 6. The highest BCUT2D eigenvalue weighted by Crippen LogP contribution is 2.38. The molecule has 0 fully saturated rings. The van der Waals surface area contributed by atoms with E-state index in [1.54, 1.807) is 61.5 Å². The van der Waals surface area contributed by atoms with Crippen molar-refractivity contribution in [3.8, 4) is 11.5 Å². The minimum atomic E-state index is -0.572. The van der Waals surface area contributed by atoms with Gasteiger partial charge in [-0.3, -0.25) is 0 Å². The van der Waals surface area contributed by atoms with Crippen molar-refractivity contribution in [1.29, 1.82) is 0 Å². The molecule has 6 nitrogen and oxygen atoms in total. The summed E-state index contributed by atoms with van der Waals surface area (Å²) in [5.41, 5.74) is 1.74. The van der Waals surface area contributed by atoms with Crippen molar-refractivity contribution in [2.75, 3.05) is 6.61 Å². The molecular formula is C25H18ClNO5. The van der Waals surface area contributed by atoms with Crippen LogP contribution in [0, 0.1) is 0 Å². The summed E-state index contributed by atoms with van der Waals surface area (Å²) in [6.07, 6.45) is 1.54. The largest absolute Gasteiger partial charge is 0.490 e. The Bertz CT molecular complexity index is 1220. The van der Waals surface area contributed by atoms with E-state index in [4.69, 9.17) is 25.8 Å². The molecule has 4 rings (SSSR count). The molecule has 160 valence electrons. The van der Waals surface area contributed by atoms with Gasteiger partial charge in [-0.1, -0.05) is 48.0 Å². The molecule has 7 heteroatoms. The number of nitrogens with zero attached hydrogens (tertiary/aromatic N) is 1. The molecule has 0 amide bonds. The van der Waals surface area contributed by atoms with E-state index in [1.807, 2.05) is 18.2 Å². The van der Waals surface area contributed by atoms with Crippen LogP contribution in [0.4, 0.5) is 0 Å². The maximum Gasteiger partial charge on any atom is 0.363 e. The smallest absolute Gasteiger partial charge is 0.363 e. The molecule has 0 saturated heterocycles. The number of benzene rings is 3. The molecule has 0 unspecified atom stereocenters. The SMILES string of the molecule is CCOc1cc(/C=C2\N=C(c3ccccc3)OC2=O)cc(Cl)c1OC(=O)c1ccccc1. The van der Waals surface area contributed by atoms with Crippen molar-refractivity contribution in [3.05, 3.63) is 100 Å². The van der Waals surface area contributed by atoms with Crippen LogP contribution in [0.25, 0.3) is 6.08 Å². The molecule has 32 heavy (non-hydrogen) atoms. The quantitative estimate of drug-likeness (QED) is 0.291. The van der Waals surface area contributed by atoms with Crippen LogP contribution in [-0.4, -0.2) is 24.4 Å². The minimum Gasteiger partial charge on any atom is -0.490 e. The van der Waals surface area contributed by atoms with Crippen LogP contribution in [0.1, 0.15) is 28.4 Å². The molecule has 0 saturated carbocycles. The Morgan fingerprint density at radius 3 is 2.44 bits per heavy atom. The topological polar surface area (TPSA) is 74.2 Å². The zero-order valence-electron chi connectivity index (χ0n) is 17.1. The Morgan fingerprint density at radius 1 is 1.06 bits per heavy atom. The second-order valence-electron chi connectivity index (χ2n) is 6.72. The number of hydrogen-bond acceptors (Lipinski definition) is 6. The van der Waals surface area contributed by atoms with Gasteiger partial charge in [0.1, 0.15) is 0 Å². The summed E-state index contributed by atoms with van der Waals surface area (Å²) in [5.74, 6) is -0.526. The van der Waals surface area contributed by atoms with Crippen molar-refractivity contribution < 1.29 is 23.8 Å². The second-order valence-corrected chi connectivity index (χ2v) is 7.13. The van der Waals surface area contributed by atoms with E-state index in [9.17, 15) is 9.59 Å². The molecule has 1 aliphatic rings. The Hall–Kier alpha value is -3.90. The number of cyclic esters (lactones) is 1. The van der Waals surface area contributed by atoms with E-state index >= 15 is 0 Å². The van der Waals surface area contributed by atoms with Crippen LogP contribution in [0.3, 0.4) is 0 Å². The maximum absolute atomic E-state index is 12.5. The standard InChI is InChI=1S/C25H18ClNO5/c1-2-30-21-15-16(13-19(26)22(21)31-24(28)18-11-7-4-8-12-18)14-20-25(29)32-23(27-20)17-9-5-3-6-10-17/h3-15H,2H2,1H3/b20-14-. The van der Waals surface area contributed by atoms with Gasteiger partial charge in [-0.2, -0.15) is 0 Å². The first-order valence-electron chi connectivity index (χ1n) is 9.86. The van der Waals surface area contributed by atoms with Gasteiger partial charge in [0.25, 0.3) is 0 Å². The lowest BCUT2D eigenvalue weighted by atomic mass is 10.1. The predicted octanol–water partition coefficient (Wildman–Crippen LogP) is 5.30. The van der Waals surface area contributed by atoms with E-state index in [1.165, 1.54) is 6.08 Å². The van der Waals surface area contributed by atoms with Gasteiger partial charge in [-0.25, -0.2) is 14.6 Å². The highest BCUT2D eigenvalue weighted by molar-refractivity contribution is 6.32. The molecule has 0 bridgehead atoms. The number of halogens is 1. The molecular weight excluding hydrogens is 430 g/mol.